The van der Waals surface area contributed by atoms with Gasteiger partial charge >= 0.3 is 0 Å². The van der Waals surface area contributed by atoms with E-state index in [2.05, 4.69) is 0 Å². The Balaban J connectivity index is 2.22. The molecule has 0 radical (unpaired) electrons. The molecule has 1 unspecified atom stereocenters. The Morgan fingerprint density at radius 1 is 1.16 bits per heavy atom. The van der Waals surface area contributed by atoms with Crippen LogP contribution in [-0.4, -0.2) is 18.3 Å². The van der Waals surface area contributed by atoms with Gasteiger partial charge in [-0.25, -0.2) is 0 Å². The molecule has 3 nitrogen and oxygen atoms in total. The van der Waals surface area contributed by atoms with Gasteiger partial charge in [-0.1, -0.05) is 18.9 Å². The van der Waals surface area contributed by atoms with E-state index in [1.807, 2.05) is 39.0 Å². The van der Waals surface area contributed by atoms with Crippen molar-refractivity contribution in [1.82, 2.24) is 0 Å². The number of hydrogen-bond donors (Lipinski definition) is 1. The molecule has 0 amide bonds. The molecule has 1 fully saturated rings. The van der Waals surface area contributed by atoms with E-state index in [1.54, 1.807) is 0 Å². The normalized spacial score (nSPS) is 17.9. The molecule has 1 atom stereocenters. The lowest BCUT2D eigenvalue weighted by Gasteiger charge is -2.25. The molecule has 0 saturated heterocycles. The Kier molecular flexibility index (Phi) is 4.35. The third kappa shape index (κ3) is 3.63. The minimum atomic E-state index is -0.780. The molecule has 1 aromatic carbocycles. The first-order chi connectivity index (χ1) is 9.06. The lowest BCUT2D eigenvalue weighted by molar-refractivity contribution is 0.0414. The molecule has 0 aromatic heterocycles. The number of benzene rings is 1. The Hall–Kier alpha value is -1.22. The van der Waals surface area contributed by atoms with E-state index in [9.17, 15) is 5.11 Å². The Labute approximate surface area is 115 Å². The fourth-order valence-electron chi connectivity index (χ4n) is 2.39. The summed E-state index contributed by atoms with van der Waals surface area (Å²) in [5.74, 6) is 2.14. The molecule has 1 saturated carbocycles. The van der Waals surface area contributed by atoms with Crippen LogP contribution < -0.4 is 9.47 Å². The fourth-order valence-corrected chi connectivity index (χ4v) is 2.39. The van der Waals surface area contributed by atoms with Crippen molar-refractivity contribution in [3.05, 3.63) is 23.8 Å². The third-order valence-electron chi connectivity index (χ3n) is 3.55. The van der Waals surface area contributed by atoms with Gasteiger partial charge < -0.3 is 14.6 Å². The molecular formula is C16H24O3. The quantitative estimate of drug-likeness (QED) is 0.819. The van der Waals surface area contributed by atoms with E-state index in [4.69, 9.17) is 9.47 Å². The summed E-state index contributed by atoms with van der Waals surface area (Å²) in [5, 5.41) is 10.6. The summed E-state index contributed by atoms with van der Waals surface area (Å²) in [4.78, 5) is 0. The van der Waals surface area contributed by atoms with Gasteiger partial charge in [-0.05, 0) is 50.8 Å². The zero-order chi connectivity index (χ0) is 13.9. The van der Waals surface area contributed by atoms with Gasteiger partial charge in [0.2, 0.25) is 0 Å². The molecule has 3 heteroatoms. The molecule has 1 aromatic rings. The smallest absolute Gasteiger partial charge is 0.161 e. The van der Waals surface area contributed by atoms with Crippen molar-refractivity contribution < 1.29 is 14.6 Å². The highest BCUT2D eigenvalue weighted by Crippen LogP contribution is 2.42. The van der Waals surface area contributed by atoms with Crippen LogP contribution in [0.25, 0.3) is 0 Å². The number of ether oxygens (including phenoxy) is 2. The summed E-state index contributed by atoms with van der Waals surface area (Å²) < 4.78 is 11.2. The van der Waals surface area contributed by atoms with Crippen molar-refractivity contribution in [3.8, 4) is 11.5 Å². The van der Waals surface area contributed by atoms with Crippen molar-refractivity contribution in [2.45, 2.75) is 45.6 Å². The lowest BCUT2D eigenvalue weighted by atomic mass is 9.90. The van der Waals surface area contributed by atoms with Crippen molar-refractivity contribution in [1.29, 1.82) is 0 Å². The molecule has 0 bridgehead atoms. The summed E-state index contributed by atoms with van der Waals surface area (Å²) in [6.07, 6.45) is 3.31. The Morgan fingerprint density at radius 2 is 1.79 bits per heavy atom. The molecule has 1 aliphatic rings. The highest BCUT2D eigenvalue weighted by atomic mass is 16.5. The van der Waals surface area contributed by atoms with E-state index < -0.39 is 5.60 Å². The topological polar surface area (TPSA) is 38.7 Å². The van der Waals surface area contributed by atoms with Crippen LogP contribution in [0, 0.1) is 5.92 Å². The average molecular weight is 264 g/mol. The predicted octanol–water partition coefficient (Wildman–Crippen LogP) is 3.49. The highest BCUT2D eigenvalue weighted by molar-refractivity contribution is 5.44. The first-order valence-corrected chi connectivity index (χ1v) is 7.19. The van der Waals surface area contributed by atoms with Gasteiger partial charge in [-0.2, -0.15) is 0 Å². The number of rotatable bonds is 7. The van der Waals surface area contributed by atoms with E-state index in [0.717, 1.165) is 23.5 Å². The SMILES string of the molecule is CCOc1ccc(C(C)(O)CC2CC2)cc1OCC. The second-order valence-corrected chi connectivity index (χ2v) is 5.45. The lowest BCUT2D eigenvalue weighted by Crippen LogP contribution is -2.22. The molecule has 2 rings (SSSR count). The number of aliphatic hydroxyl groups is 1. The minimum Gasteiger partial charge on any atom is -0.490 e. The van der Waals surface area contributed by atoms with Crippen LogP contribution in [0.2, 0.25) is 0 Å². The van der Waals surface area contributed by atoms with Gasteiger partial charge in [0.15, 0.2) is 11.5 Å². The average Bonchev–Trinajstić information content (AvgIpc) is 3.15. The van der Waals surface area contributed by atoms with Gasteiger partial charge in [0.1, 0.15) is 0 Å². The summed E-state index contributed by atoms with van der Waals surface area (Å²) in [6.45, 7) is 6.99. The zero-order valence-corrected chi connectivity index (χ0v) is 12.1. The molecule has 0 spiro atoms. The zero-order valence-electron chi connectivity index (χ0n) is 12.1. The highest BCUT2D eigenvalue weighted by Gasteiger charge is 2.33. The van der Waals surface area contributed by atoms with Crippen LogP contribution in [0.3, 0.4) is 0 Å². The summed E-state index contributed by atoms with van der Waals surface area (Å²) >= 11 is 0. The van der Waals surface area contributed by atoms with Gasteiger partial charge in [0.05, 0.1) is 18.8 Å². The Bertz CT molecular complexity index is 422. The van der Waals surface area contributed by atoms with Crippen LogP contribution in [0.15, 0.2) is 18.2 Å². The van der Waals surface area contributed by atoms with Gasteiger partial charge in [0, 0.05) is 0 Å². The third-order valence-corrected chi connectivity index (χ3v) is 3.55. The molecule has 106 valence electrons. The van der Waals surface area contributed by atoms with Gasteiger partial charge in [-0.15, -0.1) is 0 Å². The van der Waals surface area contributed by atoms with E-state index in [-0.39, 0.29) is 0 Å². The molecular weight excluding hydrogens is 240 g/mol. The molecule has 0 aliphatic heterocycles. The summed E-state index contributed by atoms with van der Waals surface area (Å²) in [7, 11) is 0. The van der Waals surface area contributed by atoms with Crippen LogP contribution in [0.4, 0.5) is 0 Å². The second-order valence-electron chi connectivity index (χ2n) is 5.45. The van der Waals surface area contributed by atoms with Crippen molar-refractivity contribution in [2.75, 3.05) is 13.2 Å². The predicted molar refractivity (Wildman–Crippen MR) is 75.7 cm³/mol. The van der Waals surface area contributed by atoms with Crippen LogP contribution in [0.1, 0.15) is 45.6 Å². The van der Waals surface area contributed by atoms with E-state index in [0.29, 0.717) is 19.1 Å². The largest absolute Gasteiger partial charge is 0.490 e. The Morgan fingerprint density at radius 3 is 2.37 bits per heavy atom. The maximum absolute atomic E-state index is 10.6. The van der Waals surface area contributed by atoms with Crippen LogP contribution in [-0.2, 0) is 5.60 Å². The van der Waals surface area contributed by atoms with Crippen molar-refractivity contribution >= 4 is 0 Å². The summed E-state index contributed by atoms with van der Waals surface area (Å²) in [5.41, 5.74) is 0.129. The molecule has 1 N–H and O–H groups in total. The second kappa shape index (κ2) is 5.83. The number of hydrogen-bond acceptors (Lipinski definition) is 3. The minimum absolute atomic E-state index is 0.592. The fraction of sp³-hybridized carbons (Fsp3) is 0.625. The van der Waals surface area contributed by atoms with E-state index in [1.165, 1.54) is 12.8 Å². The van der Waals surface area contributed by atoms with Crippen LogP contribution in [0.5, 0.6) is 11.5 Å². The van der Waals surface area contributed by atoms with E-state index >= 15 is 0 Å². The van der Waals surface area contributed by atoms with Crippen molar-refractivity contribution in [3.63, 3.8) is 0 Å². The first-order valence-electron chi connectivity index (χ1n) is 7.19. The van der Waals surface area contributed by atoms with Gasteiger partial charge in [0.25, 0.3) is 0 Å². The monoisotopic (exact) mass is 264 g/mol. The molecule has 19 heavy (non-hydrogen) atoms. The molecule has 1 aliphatic carbocycles. The maximum Gasteiger partial charge on any atom is 0.161 e. The maximum atomic E-state index is 10.6. The van der Waals surface area contributed by atoms with Crippen LogP contribution >= 0.6 is 0 Å². The summed E-state index contributed by atoms with van der Waals surface area (Å²) in [6, 6.07) is 5.75. The first kappa shape index (κ1) is 14.2. The van der Waals surface area contributed by atoms with Gasteiger partial charge in [-0.3, -0.25) is 0 Å². The molecule has 0 heterocycles. The van der Waals surface area contributed by atoms with Crippen molar-refractivity contribution in [2.24, 2.45) is 5.92 Å². The standard InChI is InChI=1S/C16H24O3/c1-4-18-14-9-8-13(10-15(14)19-5-2)16(3,17)11-12-6-7-12/h8-10,12,17H,4-7,11H2,1-3H3.